The van der Waals surface area contributed by atoms with Gasteiger partial charge in [-0.25, -0.2) is 18.6 Å². The number of carbonyl (C=O) groups is 1. The average Bonchev–Trinajstić information content (AvgIpc) is 2.27. The molecule has 1 rings (SSSR count). The second-order valence-corrected chi connectivity index (χ2v) is 3.27. The van der Waals surface area contributed by atoms with Gasteiger partial charge in [0, 0.05) is 11.5 Å². The summed E-state index contributed by atoms with van der Waals surface area (Å²) in [4.78, 5) is 14.8. The molecule has 6 heteroatoms. The zero-order valence-electron chi connectivity index (χ0n) is 7.84. The van der Waals surface area contributed by atoms with Crippen LogP contribution in [-0.4, -0.2) is 18.1 Å². The molecule has 82 valence electrons. The van der Waals surface area contributed by atoms with Gasteiger partial charge >= 0.3 is 5.97 Å². The molecule has 0 saturated carbocycles. The van der Waals surface area contributed by atoms with E-state index in [-0.39, 0.29) is 5.69 Å². The molecule has 0 N–H and O–H groups in total. The van der Waals surface area contributed by atoms with Crippen LogP contribution in [0.2, 0.25) is 0 Å². The lowest BCUT2D eigenvalue weighted by atomic mass is 10.1. The largest absolute Gasteiger partial charge is 0.464 e. The maximum atomic E-state index is 12.6. The van der Waals surface area contributed by atoms with Gasteiger partial charge in [0.2, 0.25) is 0 Å². The van der Waals surface area contributed by atoms with Gasteiger partial charge < -0.3 is 4.74 Å². The number of ether oxygens (including phenoxy) is 1. The molecule has 0 spiro atoms. The first-order valence-electron chi connectivity index (χ1n) is 4.01. The van der Waals surface area contributed by atoms with Gasteiger partial charge in [0.15, 0.2) is 5.69 Å². The van der Waals surface area contributed by atoms with Crippen LogP contribution < -0.4 is 0 Å². The van der Waals surface area contributed by atoms with E-state index < -0.39 is 18.0 Å². The monoisotopic (exact) mass is 279 g/mol. The average molecular weight is 280 g/mol. The predicted molar refractivity (Wildman–Crippen MR) is 53.2 cm³/mol. The second kappa shape index (κ2) is 5.16. The summed E-state index contributed by atoms with van der Waals surface area (Å²) in [5.41, 5.74) is -0.158. The lowest BCUT2D eigenvalue weighted by Gasteiger charge is -2.07. The van der Waals surface area contributed by atoms with Gasteiger partial charge in [0.05, 0.1) is 12.7 Å². The summed E-state index contributed by atoms with van der Waals surface area (Å²) in [5, 5.41) is 0.404. The zero-order chi connectivity index (χ0) is 11.4. The minimum atomic E-state index is -2.74. The molecule has 1 aromatic rings. The quantitative estimate of drug-likeness (QED) is 0.631. The lowest BCUT2D eigenvalue weighted by Crippen LogP contribution is -2.09. The Morgan fingerprint density at radius 1 is 1.67 bits per heavy atom. The summed E-state index contributed by atoms with van der Waals surface area (Å²) in [6, 6.07) is 1.23. The maximum Gasteiger partial charge on any atom is 0.357 e. The molecule has 0 amide bonds. The van der Waals surface area contributed by atoms with E-state index in [1.807, 2.05) is 0 Å². The fraction of sp³-hybridized carbons (Fsp3) is 0.333. The van der Waals surface area contributed by atoms with E-state index in [1.54, 1.807) is 0 Å². The molecular formula is C9H8BrF2NO2. The highest BCUT2D eigenvalue weighted by molar-refractivity contribution is 9.08. The van der Waals surface area contributed by atoms with Gasteiger partial charge in [-0.05, 0) is 11.6 Å². The van der Waals surface area contributed by atoms with Crippen molar-refractivity contribution in [2.24, 2.45) is 0 Å². The number of hydrogen-bond acceptors (Lipinski definition) is 3. The number of pyridine rings is 1. The van der Waals surface area contributed by atoms with Crippen molar-refractivity contribution in [3.8, 4) is 0 Å². The van der Waals surface area contributed by atoms with Crippen LogP contribution in [0, 0.1) is 0 Å². The van der Waals surface area contributed by atoms with Crippen molar-refractivity contribution in [3.05, 3.63) is 29.1 Å². The standard InChI is InChI=1S/C9H8BrF2NO2/c1-15-9(14)7-6(8(11)12)2-5(3-10)4-13-7/h2,4,8H,3H2,1H3. The summed E-state index contributed by atoms with van der Waals surface area (Å²) in [7, 11) is 1.12. The number of alkyl halides is 3. The Morgan fingerprint density at radius 3 is 2.80 bits per heavy atom. The molecule has 0 aliphatic heterocycles. The molecule has 1 heterocycles. The first-order chi connectivity index (χ1) is 7.10. The third-order valence-corrected chi connectivity index (χ3v) is 2.39. The van der Waals surface area contributed by atoms with E-state index in [0.717, 1.165) is 7.11 Å². The Morgan fingerprint density at radius 2 is 2.33 bits per heavy atom. The molecule has 0 aromatic carbocycles. The summed E-state index contributed by atoms with van der Waals surface area (Å²) in [6.45, 7) is 0. The minimum Gasteiger partial charge on any atom is -0.464 e. The van der Waals surface area contributed by atoms with Crippen molar-refractivity contribution in [3.63, 3.8) is 0 Å². The molecule has 0 saturated heterocycles. The summed E-state index contributed by atoms with van der Waals surface area (Å²) < 4.78 is 29.5. The third-order valence-electron chi connectivity index (χ3n) is 1.74. The molecule has 0 atom stereocenters. The highest BCUT2D eigenvalue weighted by Crippen LogP contribution is 2.23. The molecule has 0 unspecified atom stereocenters. The number of hydrogen-bond donors (Lipinski definition) is 0. The Labute approximate surface area is 93.6 Å². The van der Waals surface area contributed by atoms with Crippen LogP contribution in [0.25, 0.3) is 0 Å². The van der Waals surface area contributed by atoms with Gasteiger partial charge in [-0.3, -0.25) is 0 Å². The minimum absolute atomic E-state index is 0.336. The zero-order valence-corrected chi connectivity index (χ0v) is 9.42. The first-order valence-corrected chi connectivity index (χ1v) is 5.13. The molecule has 0 fully saturated rings. The number of methoxy groups -OCH3 is 1. The first kappa shape index (κ1) is 12.0. The van der Waals surface area contributed by atoms with E-state index in [4.69, 9.17) is 0 Å². The van der Waals surface area contributed by atoms with Crippen LogP contribution in [0.4, 0.5) is 8.78 Å². The SMILES string of the molecule is COC(=O)c1ncc(CBr)cc1C(F)F. The summed E-state index contributed by atoms with van der Waals surface area (Å²) in [5.74, 6) is -0.855. The van der Waals surface area contributed by atoms with Crippen LogP contribution in [-0.2, 0) is 10.1 Å². The van der Waals surface area contributed by atoms with Crippen molar-refractivity contribution in [2.75, 3.05) is 7.11 Å². The number of rotatable bonds is 3. The Kier molecular flexibility index (Phi) is 4.14. The molecule has 0 aliphatic carbocycles. The van der Waals surface area contributed by atoms with Crippen LogP contribution >= 0.6 is 15.9 Å². The molecule has 1 aromatic heterocycles. The number of esters is 1. The summed E-state index contributed by atoms with van der Waals surface area (Å²) >= 11 is 3.12. The van der Waals surface area contributed by atoms with Gasteiger partial charge in [-0.2, -0.15) is 0 Å². The molecule has 0 bridgehead atoms. The second-order valence-electron chi connectivity index (χ2n) is 2.71. The lowest BCUT2D eigenvalue weighted by molar-refractivity contribution is 0.0581. The van der Waals surface area contributed by atoms with E-state index in [0.29, 0.717) is 10.9 Å². The van der Waals surface area contributed by atoms with E-state index in [1.165, 1.54) is 12.3 Å². The van der Waals surface area contributed by atoms with Crippen molar-refractivity contribution >= 4 is 21.9 Å². The van der Waals surface area contributed by atoms with Gasteiger partial charge in [-0.1, -0.05) is 15.9 Å². The van der Waals surface area contributed by atoms with Crippen LogP contribution in [0.5, 0.6) is 0 Å². The maximum absolute atomic E-state index is 12.6. The number of halogens is 3. The number of aromatic nitrogens is 1. The number of carbonyl (C=O) groups excluding carboxylic acids is 1. The predicted octanol–water partition coefficient (Wildman–Crippen LogP) is 2.70. The fourth-order valence-electron chi connectivity index (χ4n) is 1.03. The van der Waals surface area contributed by atoms with Crippen molar-refractivity contribution in [1.29, 1.82) is 0 Å². The van der Waals surface area contributed by atoms with Crippen LogP contribution in [0.1, 0.15) is 28.0 Å². The van der Waals surface area contributed by atoms with Gasteiger partial charge in [0.25, 0.3) is 6.43 Å². The molecule has 3 nitrogen and oxygen atoms in total. The van der Waals surface area contributed by atoms with Crippen molar-refractivity contribution < 1.29 is 18.3 Å². The molecular weight excluding hydrogens is 272 g/mol. The van der Waals surface area contributed by atoms with Crippen LogP contribution in [0.15, 0.2) is 12.3 Å². The van der Waals surface area contributed by atoms with Gasteiger partial charge in [0.1, 0.15) is 0 Å². The molecule has 0 aliphatic rings. The topological polar surface area (TPSA) is 39.2 Å². The van der Waals surface area contributed by atoms with Crippen molar-refractivity contribution in [1.82, 2.24) is 4.98 Å². The van der Waals surface area contributed by atoms with E-state index >= 15 is 0 Å². The Balaban J connectivity index is 3.21. The van der Waals surface area contributed by atoms with Gasteiger partial charge in [-0.15, -0.1) is 0 Å². The highest BCUT2D eigenvalue weighted by atomic mass is 79.9. The van der Waals surface area contributed by atoms with E-state index in [2.05, 4.69) is 25.7 Å². The third kappa shape index (κ3) is 2.71. The molecule has 0 radical (unpaired) electrons. The fourth-order valence-corrected chi connectivity index (χ4v) is 1.34. The number of nitrogens with zero attached hydrogens (tertiary/aromatic N) is 1. The molecule has 15 heavy (non-hydrogen) atoms. The Bertz CT molecular complexity index is 371. The highest BCUT2D eigenvalue weighted by Gasteiger charge is 2.20. The normalized spacial score (nSPS) is 10.5. The smallest absolute Gasteiger partial charge is 0.357 e. The summed E-state index contributed by atoms with van der Waals surface area (Å²) in [6.07, 6.45) is -1.39. The van der Waals surface area contributed by atoms with Crippen LogP contribution in [0.3, 0.4) is 0 Å². The van der Waals surface area contributed by atoms with E-state index in [9.17, 15) is 13.6 Å². The van der Waals surface area contributed by atoms with Crippen molar-refractivity contribution in [2.45, 2.75) is 11.8 Å². The Hall–Kier alpha value is -1.04.